The van der Waals surface area contributed by atoms with Crippen LogP contribution in [0.25, 0.3) is 0 Å². The van der Waals surface area contributed by atoms with Crippen LogP contribution < -0.4 is 5.32 Å². The van der Waals surface area contributed by atoms with Crippen molar-refractivity contribution in [2.24, 2.45) is 0 Å². The highest BCUT2D eigenvalue weighted by atomic mass is 32.2. The molecular formula is C15H22N2OS. The lowest BCUT2D eigenvalue weighted by Gasteiger charge is -2.25. The average molecular weight is 278 g/mol. The first-order valence-electron chi connectivity index (χ1n) is 6.80. The summed E-state index contributed by atoms with van der Waals surface area (Å²) in [5.41, 5.74) is 1.70. The minimum atomic E-state index is 0.122. The van der Waals surface area contributed by atoms with Gasteiger partial charge >= 0.3 is 0 Å². The largest absolute Gasteiger partial charge is 0.382 e. The van der Waals surface area contributed by atoms with E-state index in [-0.39, 0.29) is 5.91 Å². The van der Waals surface area contributed by atoms with Crippen LogP contribution in [0.2, 0.25) is 0 Å². The van der Waals surface area contributed by atoms with Crippen LogP contribution in [0.1, 0.15) is 30.6 Å². The van der Waals surface area contributed by atoms with Gasteiger partial charge in [-0.05, 0) is 38.2 Å². The van der Waals surface area contributed by atoms with Crippen LogP contribution in [0.15, 0.2) is 24.3 Å². The van der Waals surface area contributed by atoms with Crippen molar-refractivity contribution < 1.29 is 4.79 Å². The molecule has 1 aromatic rings. The molecule has 0 bridgehead atoms. The fourth-order valence-electron chi connectivity index (χ4n) is 2.29. The molecule has 1 fully saturated rings. The van der Waals surface area contributed by atoms with Crippen LogP contribution in [-0.2, 0) is 0 Å². The van der Waals surface area contributed by atoms with Gasteiger partial charge in [-0.25, -0.2) is 0 Å². The summed E-state index contributed by atoms with van der Waals surface area (Å²) in [6.07, 6.45) is 1.10. The van der Waals surface area contributed by atoms with Crippen LogP contribution in [-0.4, -0.2) is 41.4 Å². The minimum absolute atomic E-state index is 0.122. The molecule has 1 saturated heterocycles. The fourth-order valence-corrected chi connectivity index (χ4v) is 3.56. The lowest BCUT2D eigenvalue weighted by Crippen LogP contribution is -2.37. The summed E-state index contributed by atoms with van der Waals surface area (Å²) >= 11 is 1.93. The molecule has 3 nitrogen and oxygen atoms in total. The summed E-state index contributed by atoms with van der Waals surface area (Å²) in [6.45, 7) is 4.16. The van der Waals surface area contributed by atoms with E-state index in [1.54, 1.807) is 0 Å². The lowest BCUT2D eigenvalue weighted by molar-refractivity contribution is 0.0749. The number of benzene rings is 1. The molecule has 0 radical (unpaired) electrons. The van der Waals surface area contributed by atoms with E-state index in [1.165, 1.54) is 0 Å². The van der Waals surface area contributed by atoms with Gasteiger partial charge in [-0.3, -0.25) is 4.79 Å². The topological polar surface area (TPSA) is 32.3 Å². The molecule has 0 aliphatic carbocycles. The molecule has 1 heterocycles. The van der Waals surface area contributed by atoms with Gasteiger partial charge in [-0.2, -0.15) is 11.8 Å². The zero-order chi connectivity index (χ0) is 13.8. The second-order valence-corrected chi connectivity index (χ2v) is 6.43. The number of anilines is 1. The zero-order valence-electron chi connectivity index (χ0n) is 11.8. The summed E-state index contributed by atoms with van der Waals surface area (Å²) in [7, 11) is 1.92. The van der Waals surface area contributed by atoms with Crippen molar-refractivity contribution >= 4 is 23.4 Å². The van der Waals surface area contributed by atoms with E-state index >= 15 is 0 Å². The average Bonchev–Trinajstić information content (AvgIpc) is 2.91. The number of amides is 1. The number of hydrogen-bond donors (Lipinski definition) is 1. The van der Waals surface area contributed by atoms with Crippen molar-refractivity contribution in [2.75, 3.05) is 23.9 Å². The van der Waals surface area contributed by atoms with Crippen molar-refractivity contribution in [1.82, 2.24) is 4.90 Å². The smallest absolute Gasteiger partial charge is 0.255 e. The summed E-state index contributed by atoms with van der Waals surface area (Å²) in [5, 5.41) is 3.35. The van der Waals surface area contributed by atoms with E-state index in [0.717, 1.165) is 29.2 Å². The number of para-hydroxylation sites is 1. The quantitative estimate of drug-likeness (QED) is 0.918. The predicted molar refractivity (Wildman–Crippen MR) is 83.0 cm³/mol. The summed E-state index contributed by atoms with van der Waals surface area (Å²) in [6, 6.07) is 8.48. The molecule has 0 spiro atoms. The molecule has 1 amide bonds. The van der Waals surface area contributed by atoms with E-state index in [1.807, 2.05) is 48.0 Å². The maximum atomic E-state index is 12.6. The number of thioether (sulfide) groups is 1. The van der Waals surface area contributed by atoms with Crippen LogP contribution >= 0.6 is 11.8 Å². The third kappa shape index (κ3) is 3.44. The lowest BCUT2D eigenvalue weighted by atomic mass is 10.1. The zero-order valence-corrected chi connectivity index (χ0v) is 12.7. The third-order valence-electron chi connectivity index (χ3n) is 3.38. The Morgan fingerprint density at radius 1 is 1.42 bits per heavy atom. The summed E-state index contributed by atoms with van der Waals surface area (Å²) in [5.74, 6) is 2.34. The molecule has 2 rings (SSSR count). The normalized spacial score (nSPS) is 18.6. The molecule has 19 heavy (non-hydrogen) atoms. The van der Waals surface area contributed by atoms with E-state index in [0.29, 0.717) is 12.1 Å². The molecular weight excluding hydrogens is 256 g/mol. The first-order chi connectivity index (χ1) is 9.09. The van der Waals surface area contributed by atoms with Gasteiger partial charge in [0, 0.05) is 30.6 Å². The van der Waals surface area contributed by atoms with Gasteiger partial charge in [0.15, 0.2) is 0 Å². The van der Waals surface area contributed by atoms with Crippen molar-refractivity contribution in [3.8, 4) is 0 Å². The Balaban J connectivity index is 2.17. The Morgan fingerprint density at radius 3 is 2.79 bits per heavy atom. The predicted octanol–water partition coefficient (Wildman–Crippen LogP) is 3.08. The standard InChI is InChI=1S/C15H22N2OS/c1-11(2)16-14-7-5-4-6-13(14)15(18)17(3)12-8-9-19-10-12/h4-7,11-12,16H,8-10H2,1-3H3. The molecule has 1 atom stereocenters. The molecule has 0 saturated carbocycles. The first-order valence-corrected chi connectivity index (χ1v) is 7.95. The van der Waals surface area contributed by atoms with Gasteiger partial charge in [-0.15, -0.1) is 0 Å². The van der Waals surface area contributed by atoms with E-state index in [4.69, 9.17) is 0 Å². The van der Waals surface area contributed by atoms with Crippen molar-refractivity contribution in [2.45, 2.75) is 32.4 Å². The van der Waals surface area contributed by atoms with Gasteiger partial charge in [0.1, 0.15) is 0 Å². The number of hydrogen-bond acceptors (Lipinski definition) is 3. The Hall–Kier alpha value is -1.16. The van der Waals surface area contributed by atoms with Gasteiger partial charge in [0.2, 0.25) is 0 Å². The fraction of sp³-hybridized carbons (Fsp3) is 0.533. The molecule has 104 valence electrons. The number of nitrogens with zero attached hydrogens (tertiary/aromatic N) is 1. The molecule has 0 aromatic heterocycles. The molecule has 1 N–H and O–H groups in total. The number of carbonyl (C=O) groups excluding carboxylic acids is 1. The summed E-state index contributed by atoms with van der Waals surface area (Å²) in [4.78, 5) is 14.5. The van der Waals surface area contributed by atoms with Gasteiger partial charge < -0.3 is 10.2 Å². The number of carbonyl (C=O) groups is 1. The van der Waals surface area contributed by atoms with Crippen LogP contribution in [0, 0.1) is 0 Å². The third-order valence-corrected chi connectivity index (χ3v) is 4.52. The van der Waals surface area contributed by atoms with E-state index in [2.05, 4.69) is 19.2 Å². The van der Waals surface area contributed by atoms with Crippen molar-refractivity contribution in [1.29, 1.82) is 0 Å². The highest BCUT2D eigenvalue weighted by Crippen LogP contribution is 2.24. The number of nitrogens with one attached hydrogen (secondary N) is 1. The Kier molecular flexibility index (Phi) is 4.75. The second-order valence-electron chi connectivity index (χ2n) is 5.28. The van der Waals surface area contributed by atoms with Crippen LogP contribution in [0.4, 0.5) is 5.69 Å². The van der Waals surface area contributed by atoms with Crippen molar-refractivity contribution in [3.63, 3.8) is 0 Å². The minimum Gasteiger partial charge on any atom is -0.382 e. The molecule has 1 aromatic carbocycles. The maximum Gasteiger partial charge on any atom is 0.255 e. The maximum absolute atomic E-state index is 12.6. The van der Waals surface area contributed by atoms with Gasteiger partial charge in [-0.1, -0.05) is 12.1 Å². The molecule has 1 aliphatic heterocycles. The van der Waals surface area contributed by atoms with Gasteiger partial charge in [0.25, 0.3) is 5.91 Å². The van der Waals surface area contributed by atoms with Crippen molar-refractivity contribution in [3.05, 3.63) is 29.8 Å². The van der Waals surface area contributed by atoms with E-state index < -0.39 is 0 Å². The molecule has 1 aliphatic rings. The van der Waals surface area contributed by atoms with Crippen LogP contribution in [0.3, 0.4) is 0 Å². The first kappa shape index (κ1) is 14.3. The molecule has 4 heteroatoms. The Bertz CT molecular complexity index is 442. The second kappa shape index (κ2) is 6.33. The highest BCUT2D eigenvalue weighted by Gasteiger charge is 2.25. The van der Waals surface area contributed by atoms with Gasteiger partial charge in [0.05, 0.1) is 5.56 Å². The highest BCUT2D eigenvalue weighted by molar-refractivity contribution is 7.99. The monoisotopic (exact) mass is 278 g/mol. The Morgan fingerprint density at radius 2 is 2.16 bits per heavy atom. The van der Waals surface area contributed by atoms with Crippen LogP contribution in [0.5, 0.6) is 0 Å². The summed E-state index contributed by atoms with van der Waals surface area (Å²) < 4.78 is 0. The Labute approximate surface area is 119 Å². The molecule has 1 unspecified atom stereocenters. The SMILES string of the molecule is CC(C)Nc1ccccc1C(=O)N(C)C1CCSC1. The van der Waals surface area contributed by atoms with E-state index in [9.17, 15) is 4.79 Å². The number of rotatable bonds is 4.